The van der Waals surface area contributed by atoms with Crippen LogP contribution in [0, 0.1) is 5.82 Å². The van der Waals surface area contributed by atoms with Crippen molar-refractivity contribution in [2.45, 2.75) is 12.5 Å². The summed E-state index contributed by atoms with van der Waals surface area (Å²) >= 11 is 0. The minimum absolute atomic E-state index is 0.0553. The molecule has 1 saturated heterocycles. The Balaban J connectivity index is 1.45. The van der Waals surface area contributed by atoms with Crippen LogP contribution in [0.15, 0.2) is 36.5 Å². The van der Waals surface area contributed by atoms with Crippen molar-refractivity contribution in [2.24, 2.45) is 7.05 Å². The van der Waals surface area contributed by atoms with Crippen LogP contribution in [-0.4, -0.2) is 63.1 Å². The van der Waals surface area contributed by atoms with E-state index in [0.29, 0.717) is 34.9 Å². The molecule has 2 aromatic heterocycles. The number of rotatable bonds is 7. The van der Waals surface area contributed by atoms with Crippen LogP contribution < -0.4 is 10.6 Å². The second-order valence-corrected chi connectivity index (χ2v) is 7.10. The normalized spacial score (nSPS) is 15.7. The molecule has 0 bridgehead atoms. The van der Waals surface area contributed by atoms with Gasteiger partial charge in [0.1, 0.15) is 18.1 Å². The van der Waals surface area contributed by atoms with Gasteiger partial charge in [0.15, 0.2) is 6.10 Å². The van der Waals surface area contributed by atoms with Crippen molar-refractivity contribution in [3.63, 3.8) is 0 Å². The second-order valence-electron chi connectivity index (χ2n) is 7.10. The highest BCUT2D eigenvalue weighted by atomic mass is 19.1. The summed E-state index contributed by atoms with van der Waals surface area (Å²) in [4.78, 5) is 30.6. The van der Waals surface area contributed by atoms with E-state index in [0.717, 1.165) is 0 Å². The number of esters is 1. The number of amides is 1. The van der Waals surface area contributed by atoms with Gasteiger partial charge in [0, 0.05) is 17.3 Å². The van der Waals surface area contributed by atoms with E-state index in [-0.39, 0.29) is 19.6 Å². The van der Waals surface area contributed by atoms with Gasteiger partial charge < -0.3 is 15.2 Å². The van der Waals surface area contributed by atoms with Crippen LogP contribution in [-0.2, 0) is 21.3 Å². The molecule has 0 spiro atoms. The van der Waals surface area contributed by atoms with Crippen molar-refractivity contribution in [3.05, 3.63) is 42.3 Å². The number of carbonyl (C=O) groups is 2. The number of aromatic nitrogens is 5. The number of benzene rings is 1. The monoisotopic (exact) mass is 442 g/mol. The first-order valence-electron chi connectivity index (χ1n) is 9.88. The molecule has 1 unspecified atom stereocenters. The molecule has 1 aliphatic rings. The largest absolute Gasteiger partial charge is 0.461 e. The van der Waals surface area contributed by atoms with Crippen molar-refractivity contribution in [1.82, 2.24) is 25.2 Å². The average Bonchev–Trinajstić information content (AvgIpc) is 3.38. The number of carbonyl (C=O) groups excluding carboxylic acids is 2. The number of aryl methyl sites for hydroxylation is 1. The van der Waals surface area contributed by atoms with Crippen molar-refractivity contribution >= 4 is 17.7 Å². The Hall–Kier alpha value is -3.93. The number of tetrazole rings is 1. The molecule has 12 heteroatoms. The molecule has 3 heterocycles. The SMILES string of the molecule is Cn1nnc(-c2ccc(-c3ccc(N4CC(COC(=O)CC[NH3+])OC4=O)cc3F)cn2)n1. The van der Waals surface area contributed by atoms with Gasteiger partial charge in [0.25, 0.3) is 0 Å². The number of halogens is 1. The molecule has 0 saturated carbocycles. The molecule has 4 rings (SSSR count). The van der Waals surface area contributed by atoms with Crippen LogP contribution in [0.3, 0.4) is 0 Å². The minimum atomic E-state index is -0.627. The summed E-state index contributed by atoms with van der Waals surface area (Å²) in [7, 11) is 1.65. The Morgan fingerprint density at radius 1 is 1.34 bits per heavy atom. The standard InChI is InChI=1S/C20H20FN7O4/c1-27-25-19(24-26-27)17-5-2-12(9-23-17)15-4-3-13(8-16(15)21)28-10-14(32-20(28)30)11-31-18(29)6-7-22/h2-5,8-9,14H,6-7,10-11,22H2,1H3/p+1. The van der Waals surface area contributed by atoms with E-state index in [2.05, 4.69) is 26.1 Å². The van der Waals surface area contributed by atoms with E-state index in [1.165, 1.54) is 22.0 Å². The Morgan fingerprint density at radius 2 is 2.19 bits per heavy atom. The summed E-state index contributed by atoms with van der Waals surface area (Å²) in [6.45, 7) is 0.521. The van der Waals surface area contributed by atoms with Crippen molar-refractivity contribution in [3.8, 4) is 22.6 Å². The Kier molecular flexibility index (Phi) is 6.03. The summed E-state index contributed by atoms with van der Waals surface area (Å²) in [5, 5.41) is 11.7. The molecule has 1 aliphatic heterocycles. The molecular formula is C20H21FN7O4+. The fraction of sp³-hybridized carbons (Fsp3) is 0.300. The Labute approximate surface area is 181 Å². The third-order valence-electron chi connectivity index (χ3n) is 4.76. The van der Waals surface area contributed by atoms with Crippen molar-refractivity contribution in [1.29, 1.82) is 0 Å². The van der Waals surface area contributed by atoms with Crippen LogP contribution in [0.4, 0.5) is 14.9 Å². The summed E-state index contributed by atoms with van der Waals surface area (Å²) < 4.78 is 25.1. The maximum Gasteiger partial charge on any atom is 0.414 e. The zero-order valence-corrected chi connectivity index (χ0v) is 17.3. The molecule has 166 valence electrons. The van der Waals surface area contributed by atoms with Gasteiger partial charge in [0.05, 0.1) is 32.2 Å². The number of cyclic esters (lactones) is 1. The number of anilines is 1. The lowest BCUT2D eigenvalue weighted by Crippen LogP contribution is -2.51. The summed E-state index contributed by atoms with van der Waals surface area (Å²) in [5.41, 5.74) is 5.32. The maximum absolute atomic E-state index is 14.9. The molecule has 1 fully saturated rings. The van der Waals surface area contributed by atoms with Crippen LogP contribution in [0.25, 0.3) is 22.6 Å². The number of ether oxygens (including phenoxy) is 2. The third kappa shape index (κ3) is 4.54. The lowest BCUT2D eigenvalue weighted by molar-refractivity contribution is -0.366. The highest BCUT2D eigenvalue weighted by Crippen LogP contribution is 2.29. The molecule has 1 atom stereocenters. The van der Waals surface area contributed by atoms with Crippen molar-refractivity contribution in [2.75, 3.05) is 24.6 Å². The highest BCUT2D eigenvalue weighted by Gasteiger charge is 2.33. The van der Waals surface area contributed by atoms with Crippen molar-refractivity contribution < 1.29 is 29.2 Å². The smallest absolute Gasteiger partial charge is 0.414 e. The van der Waals surface area contributed by atoms with E-state index in [1.54, 1.807) is 31.3 Å². The average molecular weight is 442 g/mol. The first-order chi connectivity index (χ1) is 15.4. The van der Waals surface area contributed by atoms with Crippen LogP contribution in [0.2, 0.25) is 0 Å². The van der Waals surface area contributed by atoms with Gasteiger partial charge >= 0.3 is 12.1 Å². The number of hydrogen-bond donors (Lipinski definition) is 1. The Morgan fingerprint density at radius 3 is 2.84 bits per heavy atom. The topological polar surface area (TPSA) is 140 Å². The van der Waals surface area contributed by atoms with Gasteiger partial charge in [-0.1, -0.05) is 6.07 Å². The molecule has 3 aromatic rings. The zero-order valence-electron chi connectivity index (χ0n) is 17.3. The summed E-state index contributed by atoms with van der Waals surface area (Å²) in [5.74, 6) is -0.554. The van der Waals surface area contributed by atoms with Crippen LogP contribution >= 0.6 is 0 Å². The van der Waals surface area contributed by atoms with E-state index >= 15 is 0 Å². The summed E-state index contributed by atoms with van der Waals surface area (Å²) in [6, 6.07) is 7.83. The molecule has 0 aliphatic carbocycles. The lowest BCUT2D eigenvalue weighted by Gasteiger charge is -2.14. The lowest BCUT2D eigenvalue weighted by atomic mass is 10.1. The van der Waals surface area contributed by atoms with Crippen LogP contribution in [0.5, 0.6) is 0 Å². The number of hydrogen-bond acceptors (Lipinski definition) is 8. The minimum Gasteiger partial charge on any atom is -0.461 e. The van der Waals surface area contributed by atoms with Gasteiger partial charge in [-0.2, -0.15) is 4.80 Å². The van der Waals surface area contributed by atoms with E-state index in [1.807, 2.05) is 0 Å². The fourth-order valence-electron chi connectivity index (χ4n) is 3.20. The maximum atomic E-state index is 14.9. The first-order valence-corrected chi connectivity index (χ1v) is 9.88. The summed E-state index contributed by atoms with van der Waals surface area (Å²) in [6.07, 6.45) is 0.468. The second kappa shape index (κ2) is 9.06. The molecule has 1 aromatic carbocycles. The van der Waals surface area contributed by atoms with Crippen LogP contribution in [0.1, 0.15) is 6.42 Å². The number of nitrogens with zero attached hydrogens (tertiary/aromatic N) is 6. The Bertz CT molecular complexity index is 1140. The molecule has 3 N–H and O–H groups in total. The predicted molar refractivity (Wildman–Crippen MR) is 108 cm³/mol. The van der Waals surface area contributed by atoms with Gasteiger partial charge in [-0.3, -0.25) is 14.7 Å². The number of pyridine rings is 1. The molecule has 32 heavy (non-hydrogen) atoms. The molecular weight excluding hydrogens is 421 g/mol. The molecule has 11 nitrogen and oxygen atoms in total. The quantitative estimate of drug-likeness (QED) is 0.524. The first kappa shape index (κ1) is 21.3. The van der Waals surface area contributed by atoms with Gasteiger partial charge in [-0.05, 0) is 29.5 Å². The van der Waals surface area contributed by atoms with Gasteiger partial charge in [-0.15, -0.1) is 10.2 Å². The number of quaternary nitrogens is 1. The van der Waals surface area contributed by atoms with E-state index in [9.17, 15) is 14.0 Å². The van der Waals surface area contributed by atoms with E-state index < -0.39 is 24.0 Å². The van der Waals surface area contributed by atoms with E-state index in [4.69, 9.17) is 9.47 Å². The highest BCUT2D eigenvalue weighted by molar-refractivity contribution is 5.90. The fourth-order valence-corrected chi connectivity index (χ4v) is 3.20. The van der Waals surface area contributed by atoms with Gasteiger partial charge in [-0.25, -0.2) is 9.18 Å². The molecule has 1 amide bonds. The van der Waals surface area contributed by atoms with Gasteiger partial charge in [0.2, 0.25) is 5.82 Å². The predicted octanol–water partition coefficient (Wildman–Crippen LogP) is 0.579. The third-order valence-corrected chi connectivity index (χ3v) is 4.76. The zero-order chi connectivity index (χ0) is 22.7. The molecule has 0 radical (unpaired) electrons.